The summed E-state index contributed by atoms with van der Waals surface area (Å²) in [6, 6.07) is 11.3. The van der Waals surface area contributed by atoms with Crippen molar-refractivity contribution in [2.24, 2.45) is 0 Å². The highest BCUT2D eigenvalue weighted by Crippen LogP contribution is 2.31. The second kappa shape index (κ2) is 8.87. The molecule has 1 unspecified atom stereocenters. The van der Waals surface area contributed by atoms with Crippen LogP contribution in [-0.2, 0) is 28.3 Å². The first-order valence-corrected chi connectivity index (χ1v) is 10.8. The van der Waals surface area contributed by atoms with Gasteiger partial charge in [-0.3, -0.25) is 4.21 Å². The van der Waals surface area contributed by atoms with Crippen LogP contribution in [0.15, 0.2) is 58.8 Å². The largest absolute Gasteiger partial charge is 0.456 e. The minimum absolute atomic E-state index is 0.0942. The van der Waals surface area contributed by atoms with E-state index in [-0.39, 0.29) is 12.2 Å². The van der Waals surface area contributed by atoms with E-state index in [1.807, 2.05) is 0 Å². The van der Waals surface area contributed by atoms with Gasteiger partial charge in [-0.2, -0.15) is 13.2 Å². The summed E-state index contributed by atoms with van der Waals surface area (Å²) in [5.41, 5.74) is 0.539. The van der Waals surface area contributed by atoms with Crippen LogP contribution in [0.25, 0.3) is 10.6 Å². The molecule has 0 fully saturated rings. The van der Waals surface area contributed by atoms with Gasteiger partial charge in [0.25, 0.3) is 0 Å². The predicted octanol–water partition coefficient (Wildman–Crippen LogP) is 5.31. The number of benzene rings is 2. The normalized spacial score (nSPS) is 12.6. The molecule has 0 aliphatic rings. The summed E-state index contributed by atoms with van der Waals surface area (Å²) < 4.78 is 55.4. The van der Waals surface area contributed by atoms with E-state index < -0.39 is 28.5 Å². The molecular weight excluding hydrogens is 423 g/mol. The molecule has 0 bridgehead atoms. The monoisotopic (exact) mass is 439 g/mol. The first-order valence-electron chi connectivity index (χ1n) is 8.56. The number of esters is 1. The maximum absolute atomic E-state index is 12.7. The van der Waals surface area contributed by atoms with Crippen LogP contribution in [-0.4, -0.2) is 20.9 Å². The third kappa shape index (κ3) is 5.10. The Morgan fingerprint density at radius 1 is 1.14 bits per heavy atom. The molecule has 152 valence electrons. The third-order valence-electron chi connectivity index (χ3n) is 3.98. The maximum Gasteiger partial charge on any atom is 0.416 e. The number of hydrogen-bond donors (Lipinski definition) is 0. The third-order valence-corrected chi connectivity index (χ3v) is 6.29. The molecule has 0 saturated heterocycles. The van der Waals surface area contributed by atoms with Gasteiger partial charge in [0.15, 0.2) is 0 Å². The molecule has 0 radical (unpaired) electrons. The zero-order valence-corrected chi connectivity index (χ0v) is 16.9. The van der Waals surface area contributed by atoms with Gasteiger partial charge in [0.1, 0.15) is 11.6 Å². The molecule has 0 amide bonds. The number of alkyl halides is 3. The summed E-state index contributed by atoms with van der Waals surface area (Å²) in [7, 11) is -1.29. The lowest BCUT2D eigenvalue weighted by atomic mass is 10.1. The fourth-order valence-electron chi connectivity index (χ4n) is 2.51. The van der Waals surface area contributed by atoms with Crippen molar-refractivity contribution in [3.05, 3.63) is 70.7 Å². The fourth-order valence-corrected chi connectivity index (χ4v) is 4.26. The standard InChI is InChI=1S/C20H16F3NO3S2/c1-2-29(26)17-6-4-3-5-16(17)19(25)27-11-15-12-28-18(24-15)13-7-9-14(10-8-13)20(21,22)23/h3-10,12H,2,11H2,1H3. The van der Waals surface area contributed by atoms with Gasteiger partial charge in [0.2, 0.25) is 0 Å². The molecule has 0 N–H and O–H groups in total. The molecule has 2 aromatic carbocycles. The Balaban J connectivity index is 1.68. The predicted molar refractivity (Wildman–Crippen MR) is 105 cm³/mol. The van der Waals surface area contributed by atoms with Gasteiger partial charge in [0, 0.05) is 16.7 Å². The van der Waals surface area contributed by atoms with Crippen molar-refractivity contribution in [2.75, 3.05) is 5.75 Å². The molecule has 3 aromatic rings. The fraction of sp³-hybridized carbons (Fsp3) is 0.200. The summed E-state index contributed by atoms with van der Waals surface area (Å²) in [4.78, 5) is 17.1. The quantitative estimate of drug-likeness (QED) is 0.488. The topological polar surface area (TPSA) is 56.3 Å². The number of hydrogen-bond acceptors (Lipinski definition) is 5. The minimum Gasteiger partial charge on any atom is -0.456 e. The first kappa shape index (κ1) is 21.2. The highest BCUT2D eigenvalue weighted by molar-refractivity contribution is 7.85. The SMILES string of the molecule is CCS(=O)c1ccccc1C(=O)OCc1csc(-c2ccc(C(F)(F)F)cc2)n1. The van der Waals surface area contributed by atoms with Crippen molar-refractivity contribution in [2.45, 2.75) is 24.6 Å². The number of carbonyl (C=O) groups is 1. The molecule has 9 heteroatoms. The van der Waals surface area contributed by atoms with Crippen molar-refractivity contribution in [1.82, 2.24) is 4.98 Å². The smallest absolute Gasteiger partial charge is 0.416 e. The van der Waals surface area contributed by atoms with Crippen LogP contribution >= 0.6 is 11.3 Å². The number of thiazole rings is 1. The second-order valence-corrected chi connectivity index (χ2v) is 8.49. The van der Waals surface area contributed by atoms with Crippen molar-refractivity contribution in [3.8, 4) is 10.6 Å². The Bertz CT molecular complexity index is 1030. The molecule has 0 aliphatic carbocycles. The average molecular weight is 439 g/mol. The van der Waals surface area contributed by atoms with Crippen LogP contribution in [0.1, 0.15) is 28.5 Å². The summed E-state index contributed by atoms with van der Waals surface area (Å²) in [6.07, 6.45) is -4.39. The van der Waals surface area contributed by atoms with Crippen molar-refractivity contribution in [1.29, 1.82) is 0 Å². The van der Waals surface area contributed by atoms with E-state index in [0.717, 1.165) is 12.1 Å². The van der Waals surface area contributed by atoms with Gasteiger partial charge in [-0.25, -0.2) is 9.78 Å². The number of rotatable bonds is 6. The number of nitrogens with zero attached hydrogens (tertiary/aromatic N) is 1. The van der Waals surface area contributed by atoms with E-state index in [4.69, 9.17) is 4.74 Å². The number of halogens is 3. The Labute approximate surface area is 171 Å². The highest BCUT2D eigenvalue weighted by atomic mass is 32.2. The molecule has 0 saturated carbocycles. The van der Waals surface area contributed by atoms with Crippen molar-refractivity contribution >= 4 is 28.1 Å². The molecule has 29 heavy (non-hydrogen) atoms. The van der Waals surface area contributed by atoms with E-state index in [2.05, 4.69) is 4.98 Å². The molecule has 0 spiro atoms. The van der Waals surface area contributed by atoms with Gasteiger partial charge in [-0.05, 0) is 24.3 Å². The lowest BCUT2D eigenvalue weighted by molar-refractivity contribution is -0.137. The molecule has 1 heterocycles. The van der Waals surface area contributed by atoms with E-state index in [0.29, 0.717) is 26.9 Å². The number of aromatic nitrogens is 1. The minimum atomic E-state index is -4.39. The number of carbonyl (C=O) groups excluding carboxylic acids is 1. The molecule has 4 nitrogen and oxygen atoms in total. The molecule has 3 rings (SSSR count). The lowest BCUT2D eigenvalue weighted by Crippen LogP contribution is -2.10. The van der Waals surface area contributed by atoms with Gasteiger partial charge in [0.05, 0.1) is 32.5 Å². The molecule has 1 aromatic heterocycles. The average Bonchev–Trinajstić information content (AvgIpc) is 3.20. The van der Waals surface area contributed by atoms with Crippen LogP contribution in [0.5, 0.6) is 0 Å². The lowest BCUT2D eigenvalue weighted by Gasteiger charge is -2.08. The van der Waals surface area contributed by atoms with E-state index in [9.17, 15) is 22.2 Å². The second-order valence-electron chi connectivity index (χ2n) is 5.93. The van der Waals surface area contributed by atoms with Crippen LogP contribution in [0.4, 0.5) is 13.2 Å². The molecule has 1 atom stereocenters. The Morgan fingerprint density at radius 2 is 1.83 bits per heavy atom. The van der Waals surface area contributed by atoms with E-state index in [1.165, 1.54) is 23.5 Å². The van der Waals surface area contributed by atoms with Crippen molar-refractivity contribution < 1.29 is 26.9 Å². The van der Waals surface area contributed by atoms with Crippen LogP contribution < -0.4 is 0 Å². The highest BCUT2D eigenvalue weighted by Gasteiger charge is 2.30. The van der Waals surface area contributed by atoms with Gasteiger partial charge in [-0.1, -0.05) is 31.2 Å². The Morgan fingerprint density at radius 3 is 2.48 bits per heavy atom. The summed E-state index contributed by atoms with van der Waals surface area (Å²) in [5, 5.41) is 2.20. The maximum atomic E-state index is 12.7. The molecular formula is C20H16F3NO3S2. The van der Waals surface area contributed by atoms with E-state index in [1.54, 1.807) is 36.6 Å². The zero-order valence-electron chi connectivity index (χ0n) is 15.2. The Kier molecular flexibility index (Phi) is 6.49. The summed E-state index contributed by atoms with van der Waals surface area (Å²) in [6.45, 7) is 1.67. The summed E-state index contributed by atoms with van der Waals surface area (Å²) in [5.74, 6) is -0.223. The zero-order chi connectivity index (χ0) is 21.0. The van der Waals surface area contributed by atoms with Gasteiger partial charge in [-0.15, -0.1) is 11.3 Å². The van der Waals surface area contributed by atoms with Crippen LogP contribution in [0.2, 0.25) is 0 Å². The summed E-state index contributed by atoms with van der Waals surface area (Å²) >= 11 is 1.24. The van der Waals surface area contributed by atoms with Crippen LogP contribution in [0, 0.1) is 0 Å². The Hall–Kier alpha value is -2.52. The molecule has 0 aliphatic heterocycles. The number of ether oxygens (including phenoxy) is 1. The van der Waals surface area contributed by atoms with Gasteiger partial charge < -0.3 is 4.74 Å². The van der Waals surface area contributed by atoms with E-state index >= 15 is 0 Å². The van der Waals surface area contributed by atoms with Gasteiger partial charge >= 0.3 is 12.1 Å². The van der Waals surface area contributed by atoms with Crippen molar-refractivity contribution in [3.63, 3.8) is 0 Å². The van der Waals surface area contributed by atoms with Crippen LogP contribution in [0.3, 0.4) is 0 Å². The first-order chi connectivity index (χ1) is 13.8.